The summed E-state index contributed by atoms with van der Waals surface area (Å²) in [5.74, 6) is 0.844. The van der Waals surface area contributed by atoms with Gasteiger partial charge in [0.05, 0.1) is 32.5 Å². The largest absolute Gasteiger partial charge is 0.382 e. The van der Waals surface area contributed by atoms with Crippen molar-refractivity contribution in [1.29, 1.82) is 0 Å². The van der Waals surface area contributed by atoms with E-state index >= 15 is 0 Å². The highest BCUT2D eigenvalue weighted by Gasteiger charge is 2.17. The van der Waals surface area contributed by atoms with Gasteiger partial charge in [0.25, 0.3) is 0 Å². The lowest BCUT2D eigenvalue weighted by Gasteiger charge is -2.29. The Labute approximate surface area is 134 Å². The third kappa shape index (κ3) is 9.19. The molecule has 0 bridgehead atoms. The normalized spacial score (nSPS) is 20.1. The smallest absolute Gasteiger partial charge is 0.191 e. The first-order valence-electron chi connectivity index (χ1n) is 8.15. The molecule has 1 unspecified atom stereocenters. The van der Waals surface area contributed by atoms with Crippen LogP contribution in [0.1, 0.15) is 13.3 Å². The molecule has 0 saturated carbocycles. The molecule has 1 saturated heterocycles. The van der Waals surface area contributed by atoms with Crippen LogP contribution in [-0.2, 0) is 14.2 Å². The van der Waals surface area contributed by atoms with Crippen molar-refractivity contribution in [2.45, 2.75) is 19.4 Å². The molecule has 1 aliphatic heterocycles. The molecule has 1 heterocycles. The molecule has 22 heavy (non-hydrogen) atoms. The summed E-state index contributed by atoms with van der Waals surface area (Å²) >= 11 is 0. The molecule has 2 N–H and O–H groups in total. The van der Waals surface area contributed by atoms with Crippen LogP contribution in [0.5, 0.6) is 0 Å². The Hall–Kier alpha value is -0.890. The molecule has 7 nitrogen and oxygen atoms in total. The number of ether oxygens (including phenoxy) is 3. The van der Waals surface area contributed by atoms with Gasteiger partial charge >= 0.3 is 0 Å². The number of nitrogens with zero attached hydrogens (tertiary/aromatic N) is 2. The minimum Gasteiger partial charge on any atom is -0.382 e. The second kappa shape index (κ2) is 12.6. The van der Waals surface area contributed by atoms with Gasteiger partial charge in [0.2, 0.25) is 0 Å². The van der Waals surface area contributed by atoms with E-state index in [0.717, 1.165) is 51.8 Å². The fraction of sp³-hybridized carbons (Fsp3) is 0.933. The Bertz CT molecular complexity index is 303. The van der Waals surface area contributed by atoms with Crippen molar-refractivity contribution in [3.63, 3.8) is 0 Å². The summed E-state index contributed by atoms with van der Waals surface area (Å²) in [6, 6.07) is 0. The Morgan fingerprint density at radius 2 is 2.18 bits per heavy atom. The molecular weight excluding hydrogens is 284 g/mol. The number of nitrogens with one attached hydrogen (secondary N) is 2. The van der Waals surface area contributed by atoms with E-state index < -0.39 is 0 Å². The standard InChI is InChI=1S/C15H32N4O3/c1-4-16-15(17-6-5-8-21-11-10-20-3)18-12-14-13-19(2)7-9-22-14/h14H,4-13H2,1-3H3,(H2,16,17,18). The lowest BCUT2D eigenvalue weighted by molar-refractivity contribution is -0.0136. The lowest BCUT2D eigenvalue weighted by Crippen LogP contribution is -2.43. The monoisotopic (exact) mass is 316 g/mol. The van der Waals surface area contributed by atoms with Crippen molar-refractivity contribution in [1.82, 2.24) is 15.5 Å². The average molecular weight is 316 g/mol. The van der Waals surface area contributed by atoms with Crippen LogP contribution < -0.4 is 10.6 Å². The summed E-state index contributed by atoms with van der Waals surface area (Å²) in [6.45, 7) is 9.19. The van der Waals surface area contributed by atoms with Gasteiger partial charge in [-0.05, 0) is 20.4 Å². The Balaban J connectivity index is 2.18. The average Bonchev–Trinajstić information content (AvgIpc) is 2.51. The van der Waals surface area contributed by atoms with E-state index in [0.29, 0.717) is 19.8 Å². The molecule has 0 aromatic carbocycles. The van der Waals surface area contributed by atoms with Crippen LogP contribution in [0.25, 0.3) is 0 Å². The van der Waals surface area contributed by atoms with E-state index in [9.17, 15) is 0 Å². The highest BCUT2D eigenvalue weighted by atomic mass is 16.5. The number of likely N-dealkylation sites (N-methyl/N-ethyl adjacent to an activating group) is 1. The Morgan fingerprint density at radius 3 is 2.91 bits per heavy atom. The predicted molar refractivity (Wildman–Crippen MR) is 88.5 cm³/mol. The summed E-state index contributed by atoms with van der Waals surface area (Å²) in [4.78, 5) is 6.88. The second-order valence-corrected chi connectivity index (χ2v) is 5.36. The van der Waals surface area contributed by atoms with Gasteiger partial charge in [-0.25, -0.2) is 0 Å². The number of morpholine rings is 1. The molecule has 0 spiro atoms. The second-order valence-electron chi connectivity index (χ2n) is 5.36. The fourth-order valence-electron chi connectivity index (χ4n) is 2.14. The molecule has 130 valence electrons. The van der Waals surface area contributed by atoms with Crippen LogP contribution in [-0.4, -0.2) is 90.3 Å². The first kappa shape index (κ1) is 19.2. The molecule has 1 aliphatic rings. The maximum Gasteiger partial charge on any atom is 0.191 e. The van der Waals surface area contributed by atoms with Crippen molar-refractivity contribution >= 4 is 5.96 Å². The van der Waals surface area contributed by atoms with Crippen molar-refractivity contribution in [2.24, 2.45) is 4.99 Å². The maximum absolute atomic E-state index is 5.72. The predicted octanol–water partition coefficient (Wildman–Crippen LogP) is -0.0748. The van der Waals surface area contributed by atoms with E-state index in [1.54, 1.807) is 7.11 Å². The van der Waals surface area contributed by atoms with E-state index in [4.69, 9.17) is 14.2 Å². The molecule has 0 aromatic heterocycles. The molecule has 1 atom stereocenters. The van der Waals surface area contributed by atoms with E-state index in [1.807, 2.05) is 0 Å². The zero-order valence-corrected chi connectivity index (χ0v) is 14.3. The summed E-state index contributed by atoms with van der Waals surface area (Å²) < 4.78 is 16.1. The topological polar surface area (TPSA) is 67.4 Å². The van der Waals surface area contributed by atoms with Crippen molar-refractivity contribution in [2.75, 3.05) is 73.3 Å². The first-order chi connectivity index (χ1) is 10.8. The summed E-state index contributed by atoms with van der Waals surface area (Å²) in [5.41, 5.74) is 0. The van der Waals surface area contributed by atoms with Crippen LogP contribution in [0.2, 0.25) is 0 Å². The van der Waals surface area contributed by atoms with Gasteiger partial charge in [0.15, 0.2) is 5.96 Å². The third-order valence-corrected chi connectivity index (χ3v) is 3.33. The van der Waals surface area contributed by atoms with Gasteiger partial charge in [-0.3, -0.25) is 4.99 Å². The van der Waals surface area contributed by atoms with Gasteiger partial charge in [-0.2, -0.15) is 0 Å². The van der Waals surface area contributed by atoms with Crippen LogP contribution in [0.4, 0.5) is 0 Å². The van der Waals surface area contributed by atoms with Crippen LogP contribution in [0.3, 0.4) is 0 Å². The summed E-state index contributed by atoms with van der Waals surface area (Å²) in [5, 5.41) is 6.57. The number of hydrogen-bond acceptors (Lipinski definition) is 5. The number of aliphatic imine (C=N–C) groups is 1. The fourth-order valence-corrected chi connectivity index (χ4v) is 2.14. The number of rotatable bonds is 10. The minimum absolute atomic E-state index is 0.187. The van der Waals surface area contributed by atoms with Gasteiger partial charge in [0.1, 0.15) is 0 Å². The molecule has 0 amide bonds. The zero-order valence-electron chi connectivity index (χ0n) is 14.3. The summed E-state index contributed by atoms with van der Waals surface area (Å²) in [6.07, 6.45) is 1.13. The molecule has 1 rings (SSSR count). The summed E-state index contributed by atoms with van der Waals surface area (Å²) in [7, 11) is 3.80. The van der Waals surface area contributed by atoms with Crippen LogP contribution in [0.15, 0.2) is 4.99 Å². The SMILES string of the molecule is CCNC(=NCC1CN(C)CCO1)NCCCOCCOC. The molecule has 0 aromatic rings. The number of guanidine groups is 1. The molecule has 7 heteroatoms. The van der Waals surface area contributed by atoms with Gasteiger partial charge in [-0.15, -0.1) is 0 Å². The lowest BCUT2D eigenvalue weighted by atomic mass is 10.3. The first-order valence-corrected chi connectivity index (χ1v) is 8.15. The highest BCUT2D eigenvalue weighted by Crippen LogP contribution is 2.02. The van der Waals surface area contributed by atoms with Crippen LogP contribution >= 0.6 is 0 Å². The third-order valence-electron chi connectivity index (χ3n) is 3.33. The van der Waals surface area contributed by atoms with Crippen LogP contribution in [0, 0.1) is 0 Å². The van der Waals surface area contributed by atoms with E-state index in [-0.39, 0.29) is 6.10 Å². The minimum atomic E-state index is 0.187. The van der Waals surface area contributed by atoms with E-state index in [2.05, 4.69) is 34.5 Å². The van der Waals surface area contributed by atoms with Crippen molar-refractivity contribution in [3.8, 4) is 0 Å². The molecule has 1 fully saturated rings. The van der Waals surface area contributed by atoms with Gasteiger partial charge < -0.3 is 29.7 Å². The molecule has 0 radical (unpaired) electrons. The Morgan fingerprint density at radius 1 is 1.32 bits per heavy atom. The van der Waals surface area contributed by atoms with Crippen molar-refractivity contribution in [3.05, 3.63) is 0 Å². The quantitative estimate of drug-likeness (QED) is 0.334. The van der Waals surface area contributed by atoms with Crippen molar-refractivity contribution < 1.29 is 14.2 Å². The highest BCUT2D eigenvalue weighted by molar-refractivity contribution is 5.79. The zero-order chi connectivity index (χ0) is 16.0. The maximum atomic E-state index is 5.72. The molecule has 0 aliphatic carbocycles. The molecular formula is C15H32N4O3. The van der Waals surface area contributed by atoms with Gasteiger partial charge in [-0.1, -0.05) is 0 Å². The number of hydrogen-bond donors (Lipinski definition) is 2. The van der Waals surface area contributed by atoms with Gasteiger partial charge in [0, 0.05) is 39.9 Å². The number of methoxy groups -OCH3 is 1. The van der Waals surface area contributed by atoms with E-state index in [1.165, 1.54) is 0 Å². The Kier molecular flexibility index (Phi) is 11.0.